The average Bonchev–Trinajstić information content (AvgIpc) is 2.64. The minimum atomic E-state index is -0.713. The van der Waals surface area contributed by atoms with Gasteiger partial charge in [0.2, 0.25) is 6.79 Å². The van der Waals surface area contributed by atoms with E-state index in [9.17, 15) is 5.11 Å². The number of hydrogen-bond acceptors (Lipinski definition) is 4. The maximum Gasteiger partial charge on any atom is 0.231 e. The van der Waals surface area contributed by atoms with E-state index >= 15 is 0 Å². The average molecular weight is 196 g/mol. The van der Waals surface area contributed by atoms with Gasteiger partial charge in [-0.05, 0) is 17.7 Å². The van der Waals surface area contributed by atoms with Gasteiger partial charge in [0.1, 0.15) is 0 Å². The Balaban J connectivity index is 2.12. The van der Waals surface area contributed by atoms with Gasteiger partial charge in [-0.2, -0.15) is 0 Å². The highest BCUT2D eigenvalue weighted by atomic mass is 16.7. The smallest absolute Gasteiger partial charge is 0.231 e. The fourth-order valence-corrected chi connectivity index (χ4v) is 1.40. The van der Waals surface area contributed by atoms with Crippen molar-refractivity contribution in [1.82, 2.24) is 0 Å². The largest absolute Gasteiger partial charge is 0.454 e. The molecule has 0 amide bonds. The minimum Gasteiger partial charge on any atom is -0.454 e. The fourth-order valence-electron chi connectivity index (χ4n) is 1.40. The highest BCUT2D eigenvalue weighted by Crippen LogP contribution is 2.32. The number of ether oxygens (including phenoxy) is 2. The van der Waals surface area contributed by atoms with Crippen molar-refractivity contribution in [2.24, 2.45) is 0 Å². The molecule has 1 atom stereocenters. The molecule has 0 aromatic heterocycles. The Kier molecular flexibility index (Phi) is 2.56. The van der Waals surface area contributed by atoms with Crippen LogP contribution in [0.1, 0.15) is 5.56 Å². The van der Waals surface area contributed by atoms with Gasteiger partial charge in [-0.25, -0.2) is 0 Å². The third-order valence-electron chi connectivity index (χ3n) is 2.12. The van der Waals surface area contributed by atoms with Crippen molar-refractivity contribution in [2.75, 3.05) is 13.4 Å². The Morgan fingerprint density at radius 1 is 1.29 bits per heavy atom. The van der Waals surface area contributed by atoms with Crippen LogP contribution < -0.4 is 9.47 Å². The molecule has 2 rings (SSSR count). The molecule has 0 fully saturated rings. The minimum absolute atomic E-state index is 0.228. The van der Waals surface area contributed by atoms with Crippen LogP contribution >= 0.6 is 0 Å². The standard InChI is InChI=1S/C10H12O4/c11-5-8(12)3-7-1-2-9-10(4-7)14-6-13-9/h1-2,4,8,11-12H,3,5-6H2/t8-/m1/s1. The van der Waals surface area contributed by atoms with E-state index in [4.69, 9.17) is 14.6 Å². The third-order valence-corrected chi connectivity index (χ3v) is 2.12. The van der Waals surface area contributed by atoms with E-state index in [2.05, 4.69) is 0 Å². The van der Waals surface area contributed by atoms with Crippen molar-refractivity contribution in [2.45, 2.75) is 12.5 Å². The molecule has 0 unspecified atom stereocenters. The lowest BCUT2D eigenvalue weighted by atomic mass is 10.1. The zero-order valence-electron chi connectivity index (χ0n) is 7.64. The number of aliphatic hydroxyl groups is 2. The molecule has 14 heavy (non-hydrogen) atoms. The molecular formula is C10H12O4. The van der Waals surface area contributed by atoms with Gasteiger partial charge in [-0.1, -0.05) is 6.07 Å². The van der Waals surface area contributed by atoms with E-state index in [0.717, 1.165) is 11.3 Å². The Labute approximate surface area is 81.7 Å². The molecule has 1 aliphatic rings. The normalized spacial score (nSPS) is 15.6. The second kappa shape index (κ2) is 3.86. The molecule has 0 saturated heterocycles. The molecule has 4 nitrogen and oxygen atoms in total. The topological polar surface area (TPSA) is 58.9 Å². The van der Waals surface area contributed by atoms with Crippen molar-refractivity contribution in [3.05, 3.63) is 23.8 Å². The zero-order chi connectivity index (χ0) is 9.97. The molecule has 0 spiro atoms. The van der Waals surface area contributed by atoms with Gasteiger partial charge < -0.3 is 19.7 Å². The summed E-state index contributed by atoms with van der Waals surface area (Å²) < 4.78 is 10.3. The second-order valence-corrected chi connectivity index (χ2v) is 3.23. The van der Waals surface area contributed by atoms with Gasteiger partial charge in [0.25, 0.3) is 0 Å². The van der Waals surface area contributed by atoms with Gasteiger partial charge in [0, 0.05) is 6.42 Å². The Morgan fingerprint density at radius 3 is 2.86 bits per heavy atom. The summed E-state index contributed by atoms with van der Waals surface area (Å²) in [7, 11) is 0. The molecule has 1 aromatic rings. The molecule has 1 aromatic carbocycles. The number of benzene rings is 1. The first-order valence-electron chi connectivity index (χ1n) is 4.47. The predicted octanol–water partition coefficient (Wildman–Crippen LogP) is 0.311. The van der Waals surface area contributed by atoms with Crippen molar-refractivity contribution >= 4 is 0 Å². The first-order valence-corrected chi connectivity index (χ1v) is 4.47. The lowest BCUT2D eigenvalue weighted by Gasteiger charge is -2.07. The van der Waals surface area contributed by atoms with Gasteiger partial charge in [-0.3, -0.25) is 0 Å². The van der Waals surface area contributed by atoms with Crippen LogP contribution in [-0.4, -0.2) is 29.7 Å². The molecule has 1 aliphatic heterocycles. The Bertz CT molecular complexity index is 324. The third kappa shape index (κ3) is 1.81. The predicted molar refractivity (Wildman–Crippen MR) is 49.4 cm³/mol. The van der Waals surface area contributed by atoms with Gasteiger partial charge >= 0.3 is 0 Å². The molecule has 0 radical (unpaired) electrons. The molecule has 4 heteroatoms. The van der Waals surface area contributed by atoms with Crippen LogP contribution in [0, 0.1) is 0 Å². The van der Waals surface area contributed by atoms with Crippen molar-refractivity contribution in [3.8, 4) is 11.5 Å². The summed E-state index contributed by atoms with van der Waals surface area (Å²) in [6, 6.07) is 5.48. The summed E-state index contributed by atoms with van der Waals surface area (Å²) in [5.41, 5.74) is 0.927. The van der Waals surface area contributed by atoms with Gasteiger partial charge in [-0.15, -0.1) is 0 Å². The summed E-state index contributed by atoms with van der Waals surface area (Å²) in [5, 5.41) is 17.9. The molecular weight excluding hydrogens is 184 g/mol. The molecule has 2 N–H and O–H groups in total. The zero-order valence-corrected chi connectivity index (χ0v) is 7.64. The summed E-state index contributed by atoms with van der Waals surface area (Å²) in [6.45, 7) is 0.0236. The van der Waals surface area contributed by atoms with Crippen LogP contribution in [0.4, 0.5) is 0 Å². The molecule has 0 saturated carbocycles. The van der Waals surface area contributed by atoms with Crippen molar-refractivity contribution in [3.63, 3.8) is 0 Å². The summed E-state index contributed by atoms with van der Waals surface area (Å²) in [6.07, 6.45) is -0.289. The van der Waals surface area contributed by atoms with E-state index in [-0.39, 0.29) is 13.4 Å². The molecule has 0 bridgehead atoms. The highest BCUT2D eigenvalue weighted by Gasteiger charge is 2.14. The quantitative estimate of drug-likeness (QED) is 0.730. The number of rotatable bonds is 3. The van der Waals surface area contributed by atoms with Crippen LogP contribution in [0.15, 0.2) is 18.2 Å². The number of aliphatic hydroxyl groups excluding tert-OH is 2. The molecule has 76 valence electrons. The number of fused-ring (bicyclic) bond motifs is 1. The van der Waals surface area contributed by atoms with Crippen LogP contribution in [0.5, 0.6) is 11.5 Å². The summed E-state index contributed by atoms with van der Waals surface area (Å²) in [4.78, 5) is 0. The van der Waals surface area contributed by atoms with Crippen LogP contribution in [-0.2, 0) is 6.42 Å². The first kappa shape index (κ1) is 9.30. The van der Waals surface area contributed by atoms with Gasteiger partial charge in [0.05, 0.1) is 12.7 Å². The summed E-state index contributed by atoms with van der Waals surface area (Å²) >= 11 is 0. The SMILES string of the molecule is OC[C@H](O)Cc1ccc2c(c1)OCO2. The van der Waals surface area contributed by atoms with E-state index in [1.807, 2.05) is 18.2 Å². The van der Waals surface area contributed by atoms with Crippen LogP contribution in [0.3, 0.4) is 0 Å². The summed E-state index contributed by atoms with van der Waals surface area (Å²) in [5.74, 6) is 1.43. The second-order valence-electron chi connectivity index (χ2n) is 3.23. The maximum atomic E-state index is 9.24. The lowest BCUT2D eigenvalue weighted by molar-refractivity contribution is 0.0955. The first-order chi connectivity index (χ1) is 6.79. The fraction of sp³-hybridized carbons (Fsp3) is 0.400. The van der Waals surface area contributed by atoms with E-state index < -0.39 is 6.10 Å². The van der Waals surface area contributed by atoms with E-state index in [0.29, 0.717) is 12.2 Å². The van der Waals surface area contributed by atoms with E-state index in [1.165, 1.54) is 0 Å². The van der Waals surface area contributed by atoms with Crippen LogP contribution in [0.2, 0.25) is 0 Å². The number of hydrogen-bond donors (Lipinski definition) is 2. The van der Waals surface area contributed by atoms with Gasteiger partial charge in [0.15, 0.2) is 11.5 Å². The Morgan fingerprint density at radius 2 is 2.07 bits per heavy atom. The molecule has 0 aliphatic carbocycles. The van der Waals surface area contributed by atoms with Crippen molar-refractivity contribution < 1.29 is 19.7 Å². The molecule has 1 heterocycles. The lowest BCUT2D eigenvalue weighted by Crippen LogP contribution is -2.14. The maximum absolute atomic E-state index is 9.24. The highest BCUT2D eigenvalue weighted by molar-refractivity contribution is 5.44. The van der Waals surface area contributed by atoms with E-state index in [1.54, 1.807) is 0 Å². The van der Waals surface area contributed by atoms with Crippen molar-refractivity contribution in [1.29, 1.82) is 0 Å². The Hall–Kier alpha value is -1.26. The monoisotopic (exact) mass is 196 g/mol. The van der Waals surface area contributed by atoms with Crippen LogP contribution in [0.25, 0.3) is 0 Å².